The number of aromatic nitrogens is 1. The molecule has 3 nitrogen and oxygen atoms in total. The van der Waals surface area contributed by atoms with Gasteiger partial charge in [-0.05, 0) is 24.4 Å². The molecule has 0 aromatic carbocycles. The lowest BCUT2D eigenvalue weighted by Crippen LogP contribution is -2.22. The fraction of sp³-hybridized carbons (Fsp3) is 0.167. The van der Waals surface area contributed by atoms with E-state index in [-0.39, 0.29) is 11.1 Å². The Morgan fingerprint density at radius 2 is 2.25 bits per heavy atom. The van der Waals surface area contributed by atoms with Crippen molar-refractivity contribution in [1.82, 2.24) is 4.57 Å². The first-order valence-electron chi connectivity index (χ1n) is 4.79. The van der Waals surface area contributed by atoms with Crippen LogP contribution in [0.15, 0.2) is 28.4 Å². The molecule has 0 fully saturated rings. The first kappa shape index (κ1) is 10.7. The second kappa shape index (κ2) is 3.95. The summed E-state index contributed by atoms with van der Waals surface area (Å²) in [6, 6.07) is 7.70. The van der Waals surface area contributed by atoms with Gasteiger partial charge in [0.05, 0.1) is 0 Å². The molecule has 2 rings (SSSR count). The molecular weight excluding hydrogens is 220 g/mol. The van der Waals surface area contributed by atoms with Gasteiger partial charge in [0.1, 0.15) is 11.6 Å². The number of pyridine rings is 1. The predicted molar refractivity (Wildman–Crippen MR) is 64.4 cm³/mol. The van der Waals surface area contributed by atoms with Gasteiger partial charge in [0, 0.05) is 23.2 Å². The van der Waals surface area contributed by atoms with Crippen LogP contribution in [0.4, 0.5) is 0 Å². The van der Waals surface area contributed by atoms with Gasteiger partial charge >= 0.3 is 0 Å². The summed E-state index contributed by atoms with van der Waals surface area (Å²) in [6.07, 6.45) is 0. The minimum Gasteiger partial charge on any atom is -0.315 e. The summed E-state index contributed by atoms with van der Waals surface area (Å²) in [6.45, 7) is 1.86. The summed E-state index contributed by atoms with van der Waals surface area (Å²) >= 11 is 1.53. The Bertz CT molecular complexity index is 618. The van der Waals surface area contributed by atoms with Gasteiger partial charge in [-0.25, -0.2) is 0 Å². The summed E-state index contributed by atoms with van der Waals surface area (Å²) in [7, 11) is 1.68. The molecule has 2 aromatic heterocycles. The Labute approximate surface area is 97.2 Å². The zero-order valence-electron chi connectivity index (χ0n) is 9.02. The van der Waals surface area contributed by atoms with Crippen LogP contribution in [0.2, 0.25) is 0 Å². The summed E-state index contributed by atoms with van der Waals surface area (Å²) in [5.41, 5.74) is 1.58. The van der Waals surface area contributed by atoms with Crippen molar-refractivity contribution >= 4 is 11.3 Å². The fourth-order valence-electron chi connectivity index (χ4n) is 1.56. The van der Waals surface area contributed by atoms with E-state index in [4.69, 9.17) is 5.26 Å². The molecule has 0 aliphatic heterocycles. The molecule has 2 aromatic rings. The molecule has 0 N–H and O–H groups in total. The van der Waals surface area contributed by atoms with E-state index in [0.717, 1.165) is 16.1 Å². The number of thiophene rings is 1. The molecule has 0 unspecified atom stereocenters. The Hall–Kier alpha value is -1.86. The first-order valence-corrected chi connectivity index (χ1v) is 5.67. The molecule has 2 heterocycles. The van der Waals surface area contributed by atoms with Crippen molar-refractivity contribution in [2.24, 2.45) is 7.05 Å². The van der Waals surface area contributed by atoms with Crippen molar-refractivity contribution in [3.8, 4) is 16.5 Å². The van der Waals surface area contributed by atoms with Gasteiger partial charge in [-0.3, -0.25) is 4.79 Å². The maximum absolute atomic E-state index is 11.9. The van der Waals surface area contributed by atoms with E-state index in [2.05, 4.69) is 0 Å². The molecule has 0 aliphatic rings. The molecule has 16 heavy (non-hydrogen) atoms. The second-order valence-electron chi connectivity index (χ2n) is 3.53. The van der Waals surface area contributed by atoms with Crippen molar-refractivity contribution in [3.05, 3.63) is 45.2 Å². The SMILES string of the molecule is Cc1cc(-c2cccs2)c(C#N)c(=O)n1C. The van der Waals surface area contributed by atoms with Crippen LogP contribution in [-0.2, 0) is 7.05 Å². The highest BCUT2D eigenvalue weighted by atomic mass is 32.1. The van der Waals surface area contributed by atoms with Crippen LogP contribution < -0.4 is 5.56 Å². The van der Waals surface area contributed by atoms with Crippen LogP contribution >= 0.6 is 11.3 Å². The quantitative estimate of drug-likeness (QED) is 0.754. The summed E-state index contributed by atoms with van der Waals surface area (Å²) < 4.78 is 1.50. The number of nitriles is 1. The summed E-state index contributed by atoms with van der Waals surface area (Å²) in [4.78, 5) is 12.8. The molecule has 0 spiro atoms. The average Bonchev–Trinajstić information content (AvgIpc) is 2.79. The number of nitrogens with zero attached hydrogens (tertiary/aromatic N) is 2. The van der Waals surface area contributed by atoms with Gasteiger partial charge < -0.3 is 4.57 Å². The average molecular weight is 230 g/mol. The maximum atomic E-state index is 11.9. The second-order valence-corrected chi connectivity index (χ2v) is 4.48. The Morgan fingerprint density at radius 3 is 2.81 bits per heavy atom. The van der Waals surface area contributed by atoms with Crippen LogP contribution in [-0.4, -0.2) is 4.57 Å². The number of rotatable bonds is 1. The lowest BCUT2D eigenvalue weighted by molar-refractivity contribution is 0.816. The van der Waals surface area contributed by atoms with Gasteiger partial charge in [0.25, 0.3) is 5.56 Å². The third kappa shape index (κ3) is 1.55. The van der Waals surface area contributed by atoms with E-state index in [1.807, 2.05) is 36.6 Å². The monoisotopic (exact) mass is 230 g/mol. The normalized spacial score (nSPS) is 10.1. The minimum atomic E-state index is -0.231. The first-order chi connectivity index (χ1) is 7.65. The fourth-order valence-corrected chi connectivity index (χ4v) is 2.30. The minimum absolute atomic E-state index is 0.218. The molecule has 0 aliphatic carbocycles. The molecule has 0 radical (unpaired) electrons. The molecule has 0 atom stereocenters. The van der Waals surface area contributed by atoms with Gasteiger partial charge in [-0.2, -0.15) is 5.26 Å². The molecule has 4 heteroatoms. The van der Waals surface area contributed by atoms with E-state index < -0.39 is 0 Å². The third-order valence-corrected chi connectivity index (χ3v) is 3.47. The third-order valence-electron chi connectivity index (χ3n) is 2.57. The van der Waals surface area contributed by atoms with Gasteiger partial charge in [-0.15, -0.1) is 11.3 Å². The van der Waals surface area contributed by atoms with Crippen molar-refractivity contribution < 1.29 is 0 Å². The largest absolute Gasteiger partial charge is 0.315 e. The predicted octanol–water partition coefficient (Wildman–Crippen LogP) is 2.29. The maximum Gasteiger partial charge on any atom is 0.269 e. The standard InChI is InChI=1S/C12H10N2OS/c1-8-6-9(11-4-3-5-16-11)10(7-13)12(15)14(8)2/h3-6H,1-2H3. The summed E-state index contributed by atoms with van der Waals surface area (Å²) in [5, 5.41) is 11.0. The van der Waals surface area contributed by atoms with Crippen molar-refractivity contribution in [2.75, 3.05) is 0 Å². The molecule has 0 saturated carbocycles. The van der Waals surface area contributed by atoms with Crippen molar-refractivity contribution in [3.63, 3.8) is 0 Å². The van der Waals surface area contributed by atoms with Crippen LogP contribution in [0.1, 0.15) is 11.3 Å². The van der Waals surface area contributed by atoms with Crippen molar-refractivity contribution in [1.29, 1.82) is 5.26 Å². The van der Waals surface area contributed by atoms with E-state index >= 15 is 0 Å². The number of aryl methyl sites for hydroxylation is 1. The van der Waals surface area contributed by atoms with Crippen LogP contribution in [0, 0.1) is 18.3 Å². The highest BCUT2D eigenvalue weighted by molar-refractivity contribution is 7.13. The van der Waals surface area contributed by atoms with Crippen LogP contribution in [0.3, 0.4) is 0 Å². The molecule has 80 valence electrons. The van der Waals surface area contributed by atoms with Gasteiger partial charge in [0.15, 0.2) is 0 Å². The van der Waals surface area contributed by atoms with Gasteiger partial charge in [-0.1, -0.05) is 6.07 Å². The molecule has 0 saturated heterocycles. The zero-order chi connectivity index (χ0) is 11.7. The van der Waals surface area contributed by atoms with Crippen molar-refractivity contribution in [2.45, 2.75) is 6.92 Å². The van der Waals surface area contributed by atoms with E-state index in [9.17, 15) is 4.79 Å². The van der Waals surface area contributed by atoms with Crippen LogP contribution in [0.25, 0.3) is 10.4 Å². The highest BCUT2D eigenvalue weighted by Gasteiger charge is 2.12. The molecule has 0 bridgehead atoms. The van der Waals surface area contributed by atoms with E-state index in [0.29, 0.717) is 0 Å². The lowest BCUT2D eigenvalue weighted by atomic mass is 10.1. The van der Waals surface area contributed by atoms with Gasteiger partial charge in [0.2, 0.25) is 0 Å². The zero-order valence-corrected chi connectivity index (χ0v) is 9.84. The van der Waals surface area contributed by atoms with E-state index in [1.165, 1.54) is 15.9 Å². The molecular formula is C12H10N2OS. The topological polar surface area (TPSA) is 45.8 Å². The lowest BCUT2D eigenvalue weighted by Gasteiger charge is -2.07. The van der Waals surface area contributed by atoms with Crippen LogP contribution in [0.5, 0.6) is 0 Å². The Balaban J connectivity index is 2.82. The highest BCUT2D eigenvalue weighted by Crippen LogP contribution is 2.26. The summed E-state index contributed by atoms with van der Waals surface area (Å²) in [5.74, 6) is 0. The smallest absolute Gasteiger partial charge is 0.269 e. The number of hydrogen-bond acceptors (Lipinski definition) is 3. The molecule has 0 amide bonds. The van der Waals surface area contributed by atoms with E-state index in [1.54, 1.807) is 7.05 Å². The number of hydrogen-bond donors (Lipinski definition) is 0. The Kier molecular flexibility index (Phi) is 2.63. The Morgan fingerprint density at radius 1 is 1.50 bits per heavy atom.